The van der Waals surface area contributed by atoms with Crippen LogP contribution in [0.25, 0.3) is 0 Å². The van der Waals surface area contributed by atoms with Crippen LogP contribution in [-0.4, -0.2) is 26.4 Å². The zero-order valence-corrected chi connectivity index (χ0v) is 10.8. The SMILES string of the molecule is CCC(O)c1c(OC)cc(COC)cc1OC. The molecule has 4 heteroatoms. The van der Waals surface area contributed by atoms with Gasteiger partial charge in [0.15, 0.2) is 0 Å². The van der Waals surface area contributed by atoms with Crippen LogP contribution in [0.2, 0.25) is 0 Å². The van der Waals surface area contributed by atoms with E-state index in [0.717, 1.165) is 5.56 Å². The van der Waals surface area contributed by atoms with Crippen LogP contribution in [0.5, 0.6) is 11.5 Å². The molecule has 0 amide bonds. The first-order valence-electron chi connectivity index (χ1n) is 5.59. The van der Waals surface area contributed by atoms with Crippen molar-refractivity contribution in [2.45, 2.75) is 26.1 Å². The Labute approximate surface area is 102 Å². The van der Waals surface area contributed by atoms with E-state index < -0.39 is 6.10 Å². The minimum absolute atomic E-state index is 0.481. The first kappa shape index (κ1) is 13.8. The van der Waals surface area contributed by atoms with Gasteiger partial charge in [0, 0.05) is 7.11 Å². The average molecular weight is 240 g/mol. The summed E-state index contributed by atoms with van der Waals surface area (Å²) in [6, 6.07) is 3.72. The van der Waals surface area contributed by atoms with Gasteiger partial charge in [-0.25, -0.2) is 0 Å². The molecule has 0 saturated heterocycles. The van der Waals surface area contributed by atoms with Crippen LogP contribution >= 0.6 is 0 Å². The molecule has 1 atom stereocenters. The molecule has 1 rings (SSSR count). The van der Waals surface area contributed by atoms with Gasteiger partial charge in [0.25, 0.3) is 0 Å². The molecule has 96 valence electrons. The normalized spacial score (nSPS) is 12.3. The lowest BCUT2D eigenvalue weighted by Crippen LogP contribution is -2.04. The first-order valence-corrected chi connectivity index (χ1v) is 5.59. The number of hydrogen-bond donors (Lipinski definition) is 1. The van der Waals surface area contributed by atoms with Gasteiger partial charge in [-0.2, -0.15) is 0 Å². The number of rotatable bonds is 6. The molecule has 4 nitrogen and oxygen atoms in total. The van der Waals surface area contributed by atoms with E-state index >= 15 is 0 Å². The average Bonchev–Trinajstić information content (AvgIpc) is 2.37. The van der Waals surface area contributed by atoms with E-state index in [-0.39, 0.29) is 0 Å². The fraction of sp³-hybridized carbons (Fsp3) is 0.538. The van der Waals surface area contributed by atoms with Crippen molar-refractivity contribution in [1.82, 2.24) is 0 Å². The highest BCUT2D eigenvalue weighted by atomic mass is 16.5. The van der Waals surface area contributed by atoms with Crippen molar-refractivity contribution in [3.05, 3.63) is 23.3 Å². The van der Waals surface area contributed by atoms with Gasteiger partial charge in [-0.1, -0.05) is 6.92 Å². The second kappa shape index (κ2) is 6.47. The summed E-state index contributed by atoms with van der Waals surface area (Å²) in [5, 5.41) is 9.98. The molecule has 0 saturated carbocycles. The molecule has 0 aliphatic carbocycles. The monoisotopic (exact) mass is 240 g/mol. The number of benzene rings is 1. The van der Waals surface area contributed by atoms with Crippen LogP contribution in [0.3, 0.4) is 0 Å². The fourth-order valence-electron chi connectivity index (χ4n) is 1.78. The first-order chi connectivity index (χ1) is 8.17. The highest BCUT2D eigenvalue weighted by Crippen LogP contribution is 2.37. The quantitative estimate of drug-likeness (QED) is 0.828. The molecular weight excluding hydrogens is 220 g/mol. The van der Waals surface area contributed by atoms with Crippen molar-refractivity contribution in [3.8, 4) is 11.5 Å². The maximum atomic E-state index is 9.98. The van der Waals surface area contributed by atoms with Gasteiger partial charge < -0.3 is 19.3 Å². The summed E-state index contributed by atoms with van der Waals surface area (Å²) in [5.41, 5.74) is 1.64. The number of methoxy groups -OCH3 is 3. The number of hydrogen-bond acceptors (Lipinski definition) is 4. The van der Waals surface area contributed by atoms with Crippen LogP contribution in [0.4, 0.5) is 0 Å². The van der Waals surface area contributed by atoms with E-state index in [2.05, 4.69) is 0 Å². The van der Waals surface area contributed by atoms with Crippen molar-refractivity contribution in [2.75, 3.05) is 21.3 Å². The summed E-state index contributed by atoms with van der Waals surface area (Å²) in [5.74, 6) is 1.26. The maximum absolute atomic E-state index is 9.98. The largest absolute Gasteiger partial charge is 0.496 e. The highest BCUT2D eigenvalue weighted by molar-refractivity contribution is 5.49. The van der Waals surface area contributed by atoms with Gasteiger partial charge in [0.05, 0.1) is 32.5 Å². The van der Waals surface area contributed by atoms with Gasteiger partial charge in [-0.15, -0.1) is 0 Å². The Hall–Kier alpha value is -1.26. The molecule has 1 N–H and O–H groups in total. The summed E-state index contributed by atoms with van der Waals surface area (Å²) >= 11 is 0. The number of aliphatic hydroxyl groups is 1. The third-order valence-electron chi connectivity index (χ3n) is 2.63. The Morgan fingerprint density at radius 2 is 1.65 bits per heavy atom. The summed E-state index contributed by atoms with van der Waals surface area (Å²) in [7, 11) is 4.79. The summed E-state index contributed by atoms with van der Waals surface area (Å²) < 4.78 is 15.7. The van der Waals surface area contributed by atoms with Crippen molar-refractivity contribution < 1.29 is 19.3 Å². The second-order valence-electron chi connectivity index (χ2n) is 3.77. The van der Waals surface area contributed by atoms with Gasteiger partial charge in [-0.05, 0) is 24.1 Å². The van der Waals surface area contributed by atoms with E-state index in [9.17, 15) is 5.11 Å². The molecule has 0 aliphatic heterocycles. The standard InChI is InChI=1S/C13H20O4/c1-5-10(14)13-11(16-3)6-9(8-15-2)7-12(13)17-4/h6-7,10,14H,5,8H2,1-4H3. The maximum Gasteiger partial charge on any atom is 0.128 e. The van der Waals surface area contributed by atoms with Crippen molar-refractivity contribution in [2.24, 2.45) is 0 Å². The smallest absolute Gasteiger partial charge is 0.128 e. The Kier molecular flexibility index (Phi) is 5.25. The Morgan fingerprint density at radius 3 is 2.00 bits per heavy atom. The van der Waals surface area contributed by atoms with Gasteiger partial charge in [-0.3, -0.25) is 0 Å². The Morgan fingerprint density at radius 1 is 1.12 bits per heavy atom. The number of aliphatic hydroxyl groups excluding tert-OH is 1. The molecule has 0 aliphatic rings. The summed E-state index contributed by atoms with van der Waals surface area (Å²) in [6.07, 6.45) is 0.0209. The lowest BCUT2D eigenvalue weighted by atomic mass is 10.0. The van der Waals surface area contributed by atoms with E-state index in [1.807, 2.05) is 19.1 Å². The fourth-order valence-corrected chi connectivity index (χ4v) is 1.78. The summed E-state index contributed by atoms with van der Waals surface area (Å²) in [4.78, 5) is 0. The predicted octanol–water partition coefficient (Wildman–Crippen LogP) is 2.29. The highest BCUT2D eigenvalue weighted by Gasteiger charge is 2.18. The van der Waals surface area contributed by atoms with Gasteiger partial charge >= 0.3 is 0 Å². The third-order valence-corrected chi connectivity index (χ3v) is 2.63. The molecule has 1 unspecified atom stereocenters. The van der Waals surface area contributed by atoms with E-state index in [4.69, 9.17) is 14.2 Å². The molecule has 17 heavy (non-hydrogen) atoms. The molecule has 0 spiro atoms. The molecule has 1 aromatic rings. The Bertz CT molecular complexity index is 337. The van der Waals surface area contributed by atoms with E-state index in [0.29, 0.717) is 30.1 Å². The molecular formula is C13H20O4. The molecule has 0 heterocycles. The van der Waals surface area contributed by atoms with Crippen molar-refractivity contribution >= 4 is 0 Å². The van der Waals surface area contributed by atoms with E-state index in [1.54, 1.807) is 21.3 Å². The third kappa shape index (κ3) is 3.11. The van der Waals surface area contributed by atoms with Crippen molar-refractivity contribution in [1.29, 1.82) is 0 Å². The lowest BCUT2D eigenvalue weighted by Gasteiger charge is -2.18. The molecule has 0 radical (unpaired) electrons. The van der Waals surface area contributed by atoms with Crippen LogP contribution in [0, 0.1) is 0 Å². The van der Waals surface area contributed by atoms with Crippen LogP contribution < -0.4 is 9.47 Å². The Balaban J connectivity index is 3.25. The zero-order chi connectivity index (χ0) is 12.8. The van der Waals surface area contributed by atoms with Crippen LogP contribution in [0.1, 0.15) is 30.6 Å². The number of ether oxygens (including phenoxy) is 3. The minimum Gasteiger partial charge on any atom is -0.496 e. The molecule has 0 aromatic heterocycles. The minimum atomic E-state index is -0.587. The van der Waals surface area contributed by atoms with Crippen molar-refractivity contribution in [3.63, 3.8) is 0 Å². The molecule has 0 fully saturated rings. The van der Waals surface area contributed by atoms with Gasteiger partial charge in [0.2, 0.25) is 0 Å². The van der Waals surface area contributed by atoms with Gasteiger partial charge in [0.1, 0.15) is 11.5 Å². The summed E-state index contributed by atoms with van der Waals surface area (Å²) in [6.45, 7) is 2.39. The zero-order valence-electron chi connectivity index (χ0n) is 10.8. The molecule has 1 aromatic carbocycles. The predicted molar refractivity (Wildman–Crippen MR) is 65.5 cm³/mol. The topological polar surface area (TPSA) is 47.9 Å². The lowest BCUT2D eigenvalue weighted by molar-refractivity contribution is 0.163. The van der Waals surface area contributed by atoms with Crippen LogP contribution in [0.15, 0.2) is 12.1 Å². The second-order valence-corrected chi connectivity index (χ2v) is 3.77. The van der Waals surface area contributed by atoms with Crippen LogP contribution in [-0.2, 0) is 11.3 Å². The molecule has 0 bridgehead atoms. The van der Waals surface area contributed by atoms with E-state index in [1.165, 1.54) is 0 Å².